The molecule has 91 heavy (non-hydrogen) atoms. The molecular formula is C82H121NO8. The van der Waals surface area contributed by atoms with Crippen LogP contribution in [-0.4, -0.2) is 82.3 Å². The van der Waals surface area contributed by atoms with Gasteiger partial charge in [0.2, 0.25) is 0 Å². The summed E-state index contributed by atoms with van der Waals surface area (Å²) in [7, 11) is 5.87. The molecule has 0 aliphatic carbocycles. The molecule has 0 aromatic rings. The van der Waals surface area contributed by atoms with Gasteiger partial charge in [0.1, 0.15) is 13.2 Å². The highest BCUT2D eigenvalue weighted by molar-refractivity contribution is 5.70. The van der Waals surface area contributed by atoms with Gasteiger partial charge in [0.15, 0.2) is 12.4 Å². The molecule has 0 aromatic heterocycles. The second kappa shape index (κ2) is 69.0. The number of quaternary nitrogens is 1. The van der Waals surface area contributed by atoms with Crippen molar-refractivity contribution < 1.29 is 42.9 Å². The van der Waals surface area contributed by atoms with E-state index in [9.17, 15) is 19.5 Å². The minimum Gasteiger partial charge on any atom is -0.545 e. The largest absolute Gasteiger partial charge is 0.545 e. The Morgan fingerprint density at radius 3 is 0.890 bits per heavy atom. The number of nitrogens with zero attached hydrogens (tertiary/aromatic N) is 1. The molecule has 2 unspecified atom stereocenters. The number of ether oxygens (including phenoxy) is 4. The van der Waals surface area contributed by atoms with Crippen LogP contribution in [0, 0.1) is 0 Å². The first-order chi connectivity index (χ1) is 44.6. The first-order valence-corrected chi connectivity index (χ1v) is 34.2. The van der Waals surface area contributed by atoms with Gasteiger partial charge in [-0.3, -0.25) is 9.59 Å². The van der Waals surface area contributed by atoms with Gasteiger partial charge in [-0.15, -0.1) is 0 Å². The lowest BCUT2D eigenvalue weighted by atomic mass is 10.1. The summed E-state index contributed by atoms with van der Waals surface area (Å²) in [5, 5.41) is 11.8. The van der Waals surface area contributed by atoms with E-state index in [2.05, 4.69) is 257 Å². The molecule has 0 N–H and O–H groups in total. The predicted molar refractivity (Wildman–Crippen MR) is 388 cm³/mol. The van der Waals surface area contributed by atoms with E-state index in [0.717, 1.165) is 148 Å². The van der Waals surface area contributed by atoms with Crippen LogP contribution in [0.15, 0.2) is 243 Å². The van der Waals surface area contributed by atoms with Crippen molar-refractivity contribution in [3.8, 4) is 0 Å². The molecule has 9 heteroatoms. The maximum Gasteiger partial charge on any atom is 0.306 e. The third kappa shape index (κ3) is 70.4. The molecule has 0 heterocycles. The number of carbonyl (C=O) groups is 3. The monoisotopic (exact) mass is 1250 g/mol. The molecule has 0 saturated carbocycles. The van der Waals surface area contributed by atoms with E-state index in [4.69, 9.17) is 18.9 Å². The number of rotatable bonds is 59. The molecule has 0 rings (SSSR count). The van der Waals surface area contributed by atoms with E-state index >= 15 is 0 Å². The van der Waals surface area contributed by atoms with Gasteiger partial charge in [0, 0.05) is 12.8 Å². The summed E-state index contributed by atoms with van der Waals surface area (Å²) in [6.45, 7) is 4.36. The third-order valence-electron chi connectivity index (χ3n) is 13.1. The highest BCUT2D eigenvalue weighted by atomic mass is 16.7. The molecule has 502 valence electrons. The molecule has 9 nitrogen and oxygen atoms in total. The predicted octanol–water partition coefficient (Wildman–Crippen LogP) is 20.3. The summed E-state index contributed by atoms with van der Waals surface area (Å²) in [4.78, 5) is 37.4. The van der Waals surface area contributed by atoms with Crippen LogP contribution >= 0.6 is 0 Å². The quantitative estimate of drug-likeness (QED) is 0.0195. The average Bonchev–Trinajstić information content (AvgIpc) is 3.50. The minimum atomic E-state index is -1.66. The van der Waals surface area contributed by atoms with E-state index in [-0.39, 0.29) is 32.7 Å². The van der Waals surface area contributed by atoms with Crippen molar-refractivity contribution in [1.82, 2.24) is 0 Å². The Labute approximate surface area is 554 Å². The Hall–Kier alpha value is -6.91. The van der Waals surface area contributed by atoms with Crippen molar-refractivity contribution in [2.45, 2.75) is 206 Å². The number of carboxylic acids is 1. The highest BCUT2D eigenvalue weighted by Crippen LogP contribution is 2.11. The second-order valence-electron chi connectivity index (χ2n) is 22.6. The van der Waals surface area contributed by atoms with Crippen LogP contribution in [0.5, 0.6) is 0 Å². The maximum absolute atomic E-state index is 12.9. The Bertz CT molecular complexity index is 2390. The number of hydrogen-bond donors (Lipinski definition) is 0. The highest BCUT2D eigenvalue weighted by Gasteiger charge is 2.22. The molecule has 0 aromatic carbocycles. The van der Waals surface area contributed by atoms with E-state index in [1.165, 1.54) is 0 Å². The SMILES string of the molecule is CC/C=C\C/C=C\C/C=C\C/C=C\C/C=C\C/C=C\C/C=C\C/C=C\C/C=C\C/C=C\C/C=C\CCCCCC(=O)OC(COC(=O)CCC/C=C\C/C=C\C/C=C\C/C=C\C/C=C\C/C=C\C/C=C\C/C=C\C/C=C\CC)COC(OCC[N+](C)(C)C)C(=O)[O-]. The van der Waals surface area contributed by atoms with Crippen LogP contribution in [0.1, 0.15) is 194 Å². The summed E-state index contributed by atoms with van der Waals surface area (Å²) < 4.78 is 22.6. The first kappa shape index (κ1) is 84.1. The van der Waals surface area contributed by atoms with E-state index in [1.807, 2.05) is 21.1 Å². The van der Waals surface area contributed by atoms with Crippen molar-refractivity contribution in [2.24, 2.45) is 0 Å². The van der Waals surface area contributed by atoms with Crippen molar-refractivity contribution in [3.63, 3.8) is 0 Å². The van der Waals surface area contributed by atoms with Gasteiger partial charge in [-0.25, -0.2) is 0 Å². The molecule has 0 fully saturated rings. The van der Waals surface area contributed by atoms with Crippen LogP contribution in [0.25, 0.3) is 0 Å². The zero-order valence-electron chi connectivity index (χ0n) is 57.1. The van der Waals surface area contributed by atoms with Crippen molar-refractivity contribution >= 4 is 17.9 Å². The fourth-order valence-electron chi connectivity index (χ4n) is 7.95. The normalized spacial score (nSPS) is 14.3. The average molecular weight is 1250 g/mol. The van der Waals surface area contributed by atoms with Gasteiger partial charge in [0.25, 0.3) is 0 Å². The molecule has 0 saturated heterocycles. The Morgan fingerprint density at radius 1 is 0.330 bits per heavy atom. The first-order valence-electron chi connectivity index (χ1n) is 34.2. The van der Waals surface area contributed by atoms with Crippen molar-refractivity contribution in [3.05, 3.63) is 243 Å². The van der Waals surface area contributed by atoms with Crippen molar-refractivity contribution in [2.75, 3.05) is 47.5 Å². The molecule has 2 atom stereocenters. The lowest BCUT2D eigenvalue weighted by Crippen LogP contribution is -2.44. The second-order valence-corrected chi connectivity index (χ2v) is 22.6. The van der Waals surface area contributed by atoms with Gasteiger partial charge in [0.05, 0.1) is 40.3 Å². The number of allylic oxidation sites excluding steroid dienone is 40. The molecule has 0 aliphatic rings. The maximum atomic E-state index is 12.9. The lowest BCUT2D eigenvalue weighted by molar-refractivity contribution is -0.870. The Balaban J connectivity index is 4.41. The Morgan fingerprint density at radius 2 is 0.604 bits per heavy atom. The number of aliphatic carboxylic acids is 1. The van der Waals surface area contributed by atoms with Gasteiger partial charge in [-0.05, 0) is 161 Å². The number of carbonyl (C=O) groups excluding carboxylic acids is 3. The zero-order valence-corrected chi connectivity index (χ0v) is 57.1. The minimum absolute atomic E-state index is 0.116. The lowest BCUT2D eigenvalue weighted by Gasteiger charge is -2.26. The summed E-state index contributed by atoms with van der Waals surface area (Å²) in [5.74, 6) is -2.45. The Kier molecular flexibility index (Phi) is 63.7. The third-order valence-corrected chi connectivity index (χ3v) is 13.1. The van der Waals surface area contributed by atoms with Gasteiger partial charge < -0.3 is 33.3 Å². The van der Waals surface area contributed by atoms with Crippen LogP contribution in [0.2, 0.25) is 0 Å². The van der Waals surface area contributed by atoms with Gasteiger partial charge in [-0.2, -0.15) is 0 Å². The fourth-order valence-corrected chi connectivity index (χ4v) is 7.95. The summed E-state index contributed by atoms with van der Waals surface area (Å²) in [6.07, 6.45) is 110. The van der Waals surface area contributed by atoms with Crippen LogP contribution in [0.4, 0.5) is 0 Å². The molecule has 0 aliphatic heterocycles. The summed E-state index contributed by atoms with van der Waals surface area (Å²) in [6, 6.07) is 0. The van der Waals surface area contributed by atoms with Crippen LogP contribution in [-0.2, 0) is 33.3 Å². The van der Waals surface area contributed by atoms with Crippen LogP contribution in [0.3, 0.4) is 0 Å². The fraction of sp³-hybridized carbons (Fsp3) is 0.476. The topological polar surface area (TPSA) is 111 Å². The number of esters is 2. The smallest absolute Gasteiger partial charge is 0.306 e. The number of hydrogen-bond acceptors (Lipinski definition) is 8. The molecular weight excluding hydrogens is 1130 g/mol. The van der Waals surface area contributed by atoms with Gasteiger partial charge in [-0.1, -0.05) is 263 Å². The summed E-state index contributed by atoms with van der Waals surface area (Å²) in [5.41, 5.74) is 0. The molecule has 0 radical (unpaired) electrons. The zero-order chi connectivity index (χ0) is 66.1. The molecule has 0 amide bonds. The standard InChI is InChI=1S/C82H121NO8/c1-6-8-10-12-14-16-18-20-22-24-26-28-30-32-34-36-37-38-39-40-41-42-43-45-47-49-51-53-55-57-59-61-63-65-67-69-71-73-80(85)91-78(77-90-82(81(86)87)88-75-74-83(3,4)5)76-89-79(84)72-70-68-66-64-62-60-58-56-54-52-50-48-46-44-35-33-31-29-27-25-23-21-19-17-15-13-11-9-7-2/h8-11,14-17,20-23,26-29,32-35,37-38,40-41,43,45-46,48-49,51-52,54-55,57-58,60-61,63-64,66,78,82H,6-7,12-13,18-19,24-25,30-31,36,39,42,44,47,50,53,56,59,62,65,67-77H2,1-5H3/b10-8-,11-9-,16-14-,17-15-,22-20-,23-21-,28-26-,29-27-,34-32-,35-33-,38-37-,41-40-,45-43-,48-46-,51-49-,54-52-,57-55-,60-58-,63-61-,66-64-. The molecule has 0 bridgehead atoms. The van der Waals surface area contributed by atoms with E-state index in [0.29, 0.717) is 30.3 Å². The molecule has 0 spiro atoms. The summed E-state index contributed by atoms with van der Waals surface area (Å²) >= 11 is 0. The number of carboxylic acid groups (broad SMARTS) is 1. The van der Waals surface area contributed by atoms with Gasteiger partial charge >= 0.3 is 11.9 Å². The number of likely N-dealkylation sites (N-methyl/N-ethyl adjacent to an activating group) is 1. The van der Waals surface area contributed by atoms with E-state index < -0.39 is 30.3 Å². The number of unbranched alkanes of at least 4 members (excludes halogenated alkanes) is 4. The van der Waals surface area contributed by atoms with Crippen LogP contribution < -0.4 is 5.11 Å². The van der Waals surface area contributed by atoms with Crippen molar-refractivity contribution in [1.29, 1.82) is 0 Å². The van der Waals surface area contributed by atoms with E-state index in [1.54, 1.807) is 0 Å².